The molecule has 0 rings (SSSR count). The quantitative estimate of drug-likeness (QED) is 0.514. The zero-order valence-corrected chi connectivity index (χ0v) is 5.37. The summed E-state index contributed by atoms with van der Waals surface area (Å²) in [5, 5.41) is 0. The van der Waals surface area contributed by atoms with Gasteiger partial charge in [0, 0.05) is 0 Å². The van der Waals surface area contributed by atoms with E-state index in [-0.39, 0.29) is 0 Å². The second-order valence-corrected chi connectivity index (χ2v) is 2.26. The van der Waals surface area contributed by atoms with Crippen LogP contribution in [-0.4, -0.2) is 12.1 Å². The van der Waals surface area contributed by atoms with Crippen LogP contribution in [0.5, 0.6) is 0 Å². The highest BCUT2D eigenvalue weighted by atomic mass is 19.3. The van der Waals surface area contributed by atoms with Gasteiger partial charge in [0.1, 0.15) is 5.67 Å². The highest BCUT2D eigenvalue weighted by Crippen LogP contribution is 2.10. The van der Waals surface area contributed by atoms with Crippen LogP contribution in [0, 0.1) is 0 Å². The van der Waals surface area contributed by atoms with E-state index in [0.29, 0.717) is 6.08 Å². The van der Waals surface area contributed by atoms with Crippen molar-refractivity contribution in [2.75, 3.05) is 0 Å². The summed E-state index contributed by atoms with van der Waals surface area (Å²) in [7, 11) is 0. The summed E-state index contributed by atoms with van der Waals surface area (Å²) in [5.41, 5.74) is -1.63. The first-order chi connectivity index (χ1) is 3.92. The molecule has 0 amide bonds. The summed E-state index contributed by atoms with van der Waals surface area (Å²) in [5.74, 6) is 0. The van der Waals surface area contributed by atoms with Gasteiger partial charge in [-0.15, -0.1) is 0 Å². The first kappa shape index (κ1) is 8.53. The first-order valence-corrected chi connectivity index (χ1v) is 2.58. The van der Waals surface area contributed by atoms with Crippen LogP contribution in [0.2, 0.25) is 0 Å². The van der Waals surface area contributed by atoms with Crippen molar-refractivity contribution in [2.24, 2.45) is 0 Å². The minimum atomic E-state index is -2.56. The molecule has 0 N–H and O–H groups in total. The Bertz CT molecular complexity index is 99.4. The molecule has 0 aliphatic carbocycles. The van der Waals surface area contributed by atoms with Crippen molar-refractivity contribution in [2.45, 2.75) is 25.9 Å². The Morgan fingerprint density at radius 1 is 1.33 bits per heavy atom. The molecule has 0 saturated heterocycles. The molecule has 0 aromatic heterocycles. The molecule has 0 aliphatic heterocycles. The molecule has 0 bridgehead atoms. The van der Waals surface area contributed by atoms with Crippen LogP contribution in [0.3, 0.4) is 0 Å². The van der Waals surface area contributed by atoms with Crippen LogP contribution in [0.4, 0.5) is 13.2 Å². The SMILES string of the molecule is CC(C)(F)C=CC(F)F. The molecule has 0 atom stereocenters. The zero-order chi connectivity index (χ0) is 7.49. The van der Waals surface area contributed by atoms with Crippen LogP contribution in [-0.2, 0) is 0 Å². The molecular weight excluding hydrogens is 129 g/mol. The van der Waals surface area contributed by atoms with E-state index >= 15 is 0 Å². The van der Waals surface area contributed by atoms with Crippen molar-refractivity contribution in [3.05, 3.63) is 12.2 Å². The molecule has 0 unspecified atom stereocenters. The predicted molar refractivity (Wildman–Crippen MR) is 30.3 cm³/mol. The van der Waals surface area contributed by atoms with Gasteiger partial charge < -0.3 is 0 Å². The number of hydrogen-bond acceptors (Lipinski definition) is 0. The first-order valence-electron chi connectivity index (χ1n) is 2.58. The Balaban J connectivity index is 3.71. The van der Waals surface area contributed by atoms with Crippen LogP contribution >= 0.6 is 0 Å². The molecule has 0 radical (unpaired) electrons. The summed E-state index contributed by atoms with van der Waals surface area (Å²) in [6.07, 6.45) is -1.17. The van der Waals surface area contributed by atoms with Gasteiger partial charge in [0.05, 0.1) is 0 Å². The van der Waals surface area contributed by atoms with Gasteiger partial charge in [0.15, 0.2) is 0 Å². The van der Waals surface area contributed by atoms with Crippen molar-refractivity contribution in [1.82, 2.24) is 0 Å². The molecule has 0 aromatic rings. The lowest BCUT2D eigenvalue weighted by molar-refractivity contribution is 0.199. The molecule has 0 aliphatic rings. The molecule has 9 heavy (non-hydrogen) atoms. The molecule has 0 aromatic carbocycles. The number of allylic oxidation sites excluding steroid dienone is 2. The van der Waals surface area contributed by atoms with Crippen LogP contribution in [0.1, 0.15) is 13.8 Å². The van der Waals surface area contributed by atoms with Crippen molar-refractivity contribution < 1.29 is 13.2 Å². The molecule has 0 nitrogen and oxygen atoms in total. The van der Waals surface area contributed by atoms with E-state index in [9.17, 15) is 13.2 Å². The van der Waals surface area contributed by atoms with Gasteiger partial charge in [-0.1, -0.05) is 0 Å². The van der Waals surface area contributed by atoms with Gasteiger partial charge in [-0.25, -0.2) is 13.2 Å². The van der Waals surface area contributed by atoms with Crippen LogP contribution in [0.15, 0.2) is 12.2 Å². The van der Waals surface area contributed by atoms with E-state index < -0.39 is 12.1 Å². The highest BCUT2D eigenvalue weighted by Gasteiger charge is 2.10. The fourth-order valence-electron chi connectivity index (χ4n) is 0.302. The minimum Gasteiger partial charge on any atom is -0.240 e. The maximum Gasteiger partial charge on any atom is 0.257 e. The maximum absolute atomic E-state index is 12.3. The second kappa shape index (κ2) is 2.90. The molecule has 3 heteroatoms. The van der Waals surface area contributed by atoms with Gasteiger partial charge in [-0.2, -0.15) is 0 Å². The van der Waals surface area contributed by atoms with E-state index in [1.807, 2.05) is 0 Å². The lowest BCUT2D eigenvalue weighted by atomic mass is 10.1. The monoisotopic (exact) mass is 138 g/mol. The maximum atomic E-state index is 12.3. The Morgan fingerprint density at radius 2 is 1.78 bits per heavy atom. The smallest absolute Gasteiger partial charge is 0.240 e. The normalized spacial score (nSPS) is 13.6. The number of halogens is 3. The van der Waals surface area contributed by atoms with E-state index in [0.717, 1.165) is 6.08 Å². The summed E-state index contributed by atoms with van der Waals surface area (Å²) in [6.45, 7) is 2.43. The largest absolute Gasteiger partial charge is 0.257 e. The van der Waals surface area contributed by atoms with Gasteiger partial charge in [-0.3, -0.25) is 0 Å². The molecule has 0 fully saturated rings. The van der Waals surface area contributed by atoms with E-state index in [4.69, 9.17) is 0 Å². The van der Waals surface area contributed by atoms with Gasteiger partial charge in [0.25, 0.3) is 6.43 Å². The third-order valence-corrected chi connectivity index (χ3v) is 0.638. The molecule has 0 heterocycles. The highest BCUT2D eigenvalue weighted by molar-refractivity contribution is 4.96. The van der Waals surface area contributed by atoms with Crippen molar-refractivity contribution in [1.29, 1.82) is 0 Å². The Morgan fingerprint density at radius 3 is 1.89 bits per heavy atom. The number of alkyl halides is 3. The molecule has 54 valence electrons. The average molecular weight is 138 g/mol. The standard InChI is InChI=1S/C6H9F3/c1-6(2,9)4-3-5(7)8/h3-5H,1-2H3. The van der Waals surface area contributed by atoms with E-state index in [1.54, 1.807) is 0 Å². The van der Waals surface area contributed by atoms with Crippen molar-refractivity contribution in [3.8, 4) is 0 Å². The zero-order valence-electron chi connectivity index (χ0n) is 5.37. The summed E-state index contributed by atoms with van der Waals surface area (Å²) in [6, 6.07) is 0. The molecule has 0 saturated carbocycles. The molecule has 0 spiro atoms. The van der Waals surface area contributed by atoms with Gasteiger partial charge in [0.2, 0.25) is 0 Å². The third kappa shape index (κ3) is 7.53. The Hall–Kier alpha value is -0.470. The Labute approximate surface area is 52.4 Å². The predicted octanol–water partition coefficient (Wildman–Crippen LogP) is 2.56. The van der Waals surface area contributed by atoms with Gasteiger partial charge >= 0.3 is 0 Å². The fourth-order valence-corrected chi connectivity index (χ4v) is 0.302. The average Bonchev–Trinajstić information content (AvgIpc) is 1.59. The number of rotatable bonds is 2. The number of hydrogen-bond donors (Lipinski definition) is 0. The van der Waals surface area contributed by atoms with E-state index in [1.165, 1.54) is 13.8 Å². The van der Waals surface area contributed by atoms with Crippen molar-refractivity contribution in [3.63, 3.8) is 0 Å². The minimum absolute atomic E-state index is 0.542. The van der Waals surface area contributed by atoms with Crippen LogP contribution in [0.25, 0.3) is 0 Å². The lowest BCUT2D eigenvalue weighted by Gasteiger charge is -2.05. The van der Waals surface area contributed by atoms with Crippen LogP contribution < -0.4 is 0 Å². The van der Waals surface area contributed by atoms with E-state index in [2.05, 4.69) is 0 Å². The third-order valence-electron chi connectivity index (χ3n) is 0.638. The second-order valence-electron chi connectivity index (χ2n) is 2.26. The Kier molecular flexibility index (Phi) is 2.74. The van der Waals surface area contributed by atoms with Crippen molar-refractivity contribution >= 4 is 0 Å². The topological polar surface area (TPSA) is 0 Å². The van der Waals surface area contributed by atoms with Gasteiger partial charge in [-0.05, 0) is 26.0 Å². The fraction of sp³-hybridized carbons (Fsp3) is 0.667. The summed E-state index contributed by atoms with van der Waals surface area (Å²) < 4.78 is 35.0. The molecular formula is C6H9F3. The summed E-state index contributed by atoms with van der Waals surface area (Å²) in [4.78, 5) is 0. The summed E-state index contributed by atoms with van der Waals surface area (Å²) >= 11 is 0. The lowest BCUT2D eigenvalue weighted by Crippen LogP contribution is -2.06.